The molecular weight excluding hydrogens is 346 g/mol. The Balaban J connectivity index is 1.82. The van der Waals surface area contributed by atoms with E-state index in [1.165, 1.54) is 0 Å². The lowest BCUT2D eigenvalue weighted by atomic mass is 9.97. The number of ether oxygens (including phenoxy) is 5. The van der Waals surface area contributed by atoms with E-state index in [1.54, 1.807) is 41.5 Å². The van der Waals surface area contributed by atoms with Gasteiger partial charge in [0.1, 0.15) is 24.4 Å². The van der Waals surface area contributed by atoms with Gasteiger partial charge < -0.3 is 34.1 Å². The Labute approximate surface area is 152 Å². The number of rotatable bonds is 4. The Kier molecular flexibility index (Phi) is 4.81. The van der Waals surface area contributed by atoms with Crippen molar-refractivity contribution in [1.29, 1.82) is 0 Å². The Morgan fingerprint density at radius 1 is 0.923 bits per heavy atom. The molecule has 3 aliphatic heterocycles. The van der Waals surface area contributed by atoms with Gasteiger partial charge >= 0.3 is 5.97 Å². The first-order valence-corrected chi connectivity index (χ1v) is 8.80. The van der Waals surface area contributed by atoms with E-state index < -0.39 is 60.2 Å². The van der Waals surface area contributed by atoms with E-state index in [4.69, 9.17) is 23.7 Å². The van der Waals surface area contributed by atoms with Crippen molar-refractivity contribution in [3.63, 3.8) is 0 Å². The SMILES string of the molecule is CC(C)[C@H](NC(=O)[C@@H]1O[C@@H]2OC(C)(C)O[C@@H]2[C@H]2OC(C)(C)O[C@@H]21)C(=O)O. The molecule has 3 saturated heterocycles. The molecule has 3 rings (SSSR count). The average molecular weight is 373 g/mol. The summed E-state index contributed by atoms with van der Waals surface area (Å²) in [6.07, 6.45) is -3.71. The molecular formula is C17H27NO8. The van der Waals surface area contributed by atoms with Crippen molar-refractivity contribution in [3.05, 3.63) is 0 Å². The molecule has 26 heavy (non-hydrogen) atoms. The topological polar surface area (TPSA) is 113 Å². The largest absolute Gasteiger partial charge is 0.480 e. The van der Waals surface area contributed by atoms with Gasteiger partial charge in [-0.1, -0.05) is 13.8 Å². The van der Waals surface area contributed by atoms with E-state index in [-0.39, 0.29) is 5.92 Å². The maximum absolute atomic E-state index is 12.8. The molecule has 0 radical (unpaired) electrons. The summed E-state index contributed by atoms with van der Waals surface area (Å²) in [7, 11) is 0. The fraction of sp³-hybridized carbons (Fsp3) is 0.882. The van der Waals surface area contributed by atoms with E-state index in [2.05, 4.69) is 5.32 Å². The van der Waals surface area contributed by atoms with Crippen LogP contribution < -0.4 is 5.32 Å². The van der Waals surface area contributed by atoms with Crippen molar-refractivity contribution in [2.45, 2.75) is 89.9 Å². The molecule has 3 fully saturated rings. The summed E-state index contributed by atoms with van der Waals surface area (Å²) in [5.74, 6) is -3.78. The third-order valence-corrected chi connectivity index (χ3v) is 4.64. The van der Waals surface area contributed by atoms with Crippen molar-refractivity contribution < 1.29 is 38.4 Å². The molecule has 3 aliphatic rings. The van der Waals surface area contributed by atoms with Crippen LogP contribution in [0.5, 0.6) is 0 Å². The number of carboxylic acid groups (broad SMARTS) is 1. The van der Waals surface area contributed by atoms with Crippen LogP contribution in [0.4, 0.5) is 0 Å². The van der Waals surface area contributed by atoms with Crippen molar-refractivity contribution in [3.8, 4) is 0 Å². The fourth-order valence-corrected chi connectivity index (χ4v) is 3.57. The summed E-state index contributed by atoms with van der Waals surface area (Å²) in [5.41, 5.74) is 0. The van der Waals surface area contributed by atoms with Gasteiger partial charge in [0, 0.05) is 0 Å². The van der Waals surface area contributed by atoms with Gasteiger partial charge in [-0.15, -0.1) is 0 Å². The van der Waals surface area contributed by atoms with E-state index in [9.17, 15) is 14.7 Å². The van der Waals surface area contributed by atoms with Gasteiger partial charge in [0.15, 0.2) is 24.0 Å². The van der Waals surface area contributed by atoms with Crippen LogP contribution in [0, 0.1) is 5.92 Å². The molecule has 0 aromatic rings. The second-order valence-electron chi connectivity index (χ2n) is 8.16. The van der Waals surface area contributed by atoms with Crippen molar-refractivity contribution in [2.75, 3.05) is 0 Å². The summed E-state index contributed by atoms with van der Waals surface area (Å²) < 4.78 is 29.2. The van der Waals surface area contributed by atoms with E-state index >= 15 is 0 Å². The molecule has 0 bridgehead atoms. The second kappa shape index (κ2) is 6.42. The van der Waals surface area contributed by atoms with E-state index in [1.807, 2.05) is 0 Å². The molecule has 1 amide bonds. The number of nitrogens with one attached hydrogen (secondary N) is 1. The first-order chi connectivity index (χ1) is 11.9. The minimum atomic E-state index is -1.11. The summed E-state index contributed by atoms with van der Waals surface area (Å²) in [5, 5.41) is 11.9. The van der Waals surface area contributed by atoms with Gasteiger partial charge in [-0.05, 0) is 33.6 Å². The van der Waals surface area contributed by atoms with Crippen molar-refractivity contribution in [2.24, 2.45) is 5.92 Å². The van der Waals surface area contributed by atoms with Crippen LogP contribution in [-0.4, -0.2) is 65.3 Å². The quantitative estimate of drug-likeness (QED) is 0.737. The van der Waals surface area contributed by atoms with E-state index in [0.717, 1.165) is 0 Å². The van der Waals surface area contributed by atoms with Crippen LogP contribution in [-0.2, 0) is 33.3 Å². The third kappa shape index (κ3) is 3.59. The number of hydrogen-bond acceptors (Lipinski definition) is 7. The Morgan fingerprint density at radius 3 is 2.04 bits per heavy atom. The number of aliphatic carboxylic acids is 1. The van der Waals surface area contributed by atoms with Crippen molar-refractivity contribution >= 4 is 11.9 Å². The lowest BCUT2D eigenvalue weighted by Crippen LogP contribution is -2.61. The molecule has 0 saturated carbocycles. The van der Waals surface area contributed by atoms with Gasteiger partial charge in [-0.3, -0.25) is 4.79 Å². The molecule has 6 atom stereocenters. The highest BCUT2D eigenvalue weighted by atomic mass is 16.9. The van der Waals surface area contributed by atoms with E-state index in [0.29, 0.717) is 0 Å². The Hall–Kier alpha value is -1.26. The summed E-state index contributed by atoms with van der Waals surface area (Å²) in [4.78, 5) is 24.2. The lowest BCUT2D eigenvalue weighted by molar-refractivity contribution is -0.231. The van der Waals surface area contributed by atoms with Crippen molar-refractivity contribution in [1.82, 2.24) is 5.32 Å². The van der Waals surface area contributed by atoms with Crippen LogP contribution in [0.1, 0.15) is 41.5 Å². The van der Waals surface area contributed by atoms with Crippen LogP contribution in [0.2, 0.25) is 0 Å². The highest BCUT2D eigenvalue weighted by Crippen LogP contribution is 2.44. The molecule has 0 aromatic heterocycles. The maximum atomic E-state index is 12.8. The Morgan fingerprint density at radius 2 is 1.46 bits per heavy atom. The molecule has 9 nitrogen and oxygen atoms in total. The number of carbonyl (C=O) groups is 2. The van der Waals surface area contributed by atoms with Gasteiger partial charge in [-0.2, -0.15) is 0 Å². The second-order valence-corrected chi connectivity index (χ2v) is 8.16. The monoisotopic (exact) mass is 373 g/mol. The zero-order valence-electron chi connectivity index (χ0n) is 15.8. The number of carbonyl (C=O) groups excluding carboxylic acids is 1. The number of carboxylic acids is 1. The highest BCUT2D eigenvalue weighted by Gasteiger charge is 2.62. The first-order valence-electron chi connectivity index (χ1n) is 8.80. The number of hydrogen-bond donors (Lipinski definition) is 2. The summed E-state index contributed by atoms with van der Waals surface area (Å²) >= 11 is 0. The maximum Gasteiger partial charge on any atom is 0.326 e. The third-order valence-electron chi connectivity index (χ3n) is 4.64. The van der Waals surface area contributed by atoms with Gasteiger partial charge in [-0.25, -0.2) is 4.79 Å². The molecule has 9 heteroatoms. The predicted octanol–water partition coefficient (Wildman–Crippen LogP) is 0.608. The standard InChI is InChI=1S/C17H27NO8/c1-7(2)8(14(20)21)18-13(19)11-9-10(24-16(3,4)23-9)12-15(22-11)26-17(5,6)25-12/h7-12,15H,1-6H3,(H,18,19)(H,20,21)/t8-,9-,10-,11+,12+,15+/m0/s1. The Bertz CT molecular complexity index is 589. The molecule has 2 N–H and O–H groups in total. The molecule has 3 heterocycles. The molecule has 0 aromatic carbocycles. The fourth-order valence-electron chi connectivity index (χ4n) is 3.57. The van der Waals surface area contributed by atoms with Crippen LogP contribution >= 0.6 is 0 Å². The number of amides is 1. The highest BCUT2D eigenvalue weighted by molar-refractivity contribution is 5.87. The van der Waals surface area contributed by atoms with Gasteiger partial charge in [0.05, 0.1) is 0 Å². The summed E-state index contributed by atoms with van der Waals surface area (Å²) in [6, 6.07) is -1.03. The molecule has 0 unspecified atom stereocenters. The first kappa shape index (κ1) is 19.5. The molecule has 0 spiro atoms. The average Bonchev–Trinajstić information content (AvgIpc) is 2.96. The number of fused-ring (bicyclic) bond motifs is 3. The van der Waals surface area contributed by atoms with Crippen LogP contribution in [0.25, 0.3) is 0 Å². The van der Waals surface area contributed by atoms with Gasteiger partial charge in [0.2, 0.25) is 0 Å². The zero-order chi connectivity index (χ0) is 19.4. The van der Waals surface area contributed by atoms with Crippen LogP contribution in [0.15, 0.2) is 0 Å². The molecule has 0 aliphatic carbocycles. The van der Waals surface area contributed by atoms with Crippen LogP contribution in [0.3, 0.4) is 0 Å². The minimum Gasteiger partial charge on any atom is -0.480 e. The minimum absolute atomic E-state index is 0.286. The zero-order valence-corrected chi connectivity index (χ0v) is 15.8. The predicted molar refractivity (Wildman–Crippen MR) is 86.9 cm³/mol. The smallest absolute Gasteiger partial charge is 0.326 e. The van der Waals surface area contributed by atoms with Gasteiger partial charge in [0.25, 0.3) is 5.91 Å². The summed E-state index contributed by atoms with van der Waals surface area (Å²) in [6.45, 7) is 10.4. The molecule has 148 valence electrons. The normalized spacial score (nSPS) is 38.5. The lowest BCUT2D eigenvalue weighted by Gasteiger charge is -2.37.